The zero-order valence-electron chi connectivity index (χ0n) is 16.1. The lowest BCUT2D eigenvalue weighted by atomic mass is 10.1. The normalized spacial score (nSPS) is 16.2. The molecule has 1 aliphatic heterocycles. The van der Waals surface area contributed by atoms with Gasteiger partial charge in [-0.1, -0.05) is 11.6 Å². The molecule has 3 aromatic rings. The molecule has 9 heteroatoms. The maximum absolute atomic E-state index is 12.0. The van der Waals surface area contributed by atoms with E-state index in [0.29, 0.717) is 22.1 Å². The van der Waals surface area contributed by atoms with E-state index in [2.05, 4.69) is 15.1 Å². The van der Waals surface area contributed by atoms with E-state index < -0.39 is 12.1 Å². The number of nitrogens with zero attached hydrogens (tertiary/aromatic N) is 5. The molecule has 0 radical (unpaired) electrons. The summed E-state index contributed by atoms with van der Waals surface area (Å²) in [6.07, 6.45) is 7.02. The molecule has 0 bridgehead atoms. The summed E-state index contributed by atoms with van der Waals surface area (Å²) >= 11 is 5.91. The highest BCUT2D eigenvalue weighted by molar-refractivity contribution is 6.30. The number of carbonyl (C=O) groups excluding carboxylic acids is 1. The smallest absolute Gasteiger partial charge is 0.148 e. The molecule has 8 nitrogen and oxygen atoms in total. The summed E-state index contributed by atoms with van der Waals surface area (Å²) in [4.78, 5) is 22.3. The van der Waals surface area contributed by atoms with Gasteiger partial charge in [-0.2, -0.15) is 5.10 Å². The summed E-state index contributed by atoms with van der Waals surface area (Å²) in [5, 5.41) is 22.4. The number of pyridine rings is 2. The quantitative estimate of drug-likeness (QED) is 0.468. The first-order valence-corrected chi connectivity index (χ1v) is 9.68. The fourth-order valence-corrected chi connectivity index (χ4v) is 3.39. The Morgan fingerprint density at radius 3 is 2.77 bits per heavy atom. The maximum atomic E-state index is 12.0. The molecular weight excluding hydrogens is 404 g/mol. The van der Waals surface area contributed by atoms with Gasteiger partial charge in [-0.05, 0) is 37.3 Å². The van der Waals surface area contributed by atoms with Crippen LogP contribution in [-0.4, -0.2) is 44.2 Å². The number of hydrogen-bond acceptors (Lipinski definition) is 7. The molecule has 0 saturated heterocycles. The Hall–Kier alpha value is -3.36. The predicted molar refractivity (Wildman–Crippen MR) is 115 cm³/mol. The monoisotopic (exact) mass is 422 g/mol. The third-order valence-electron chi connectivity index (χ3n) is 4.74. The highest BCUT2D eigenvalue weighted by Gasteiger charge is 2.27. The number of aliphatic hydroxyl groups excluding tert-OH is 1. The van der Waals surface area contributed by atoms with Gasteiger partial charge in [0.15, 0.2) is 0 Å². The minimum atomic E-state index is -0.607. The number of carbonyl (C=O) groups is 1. The van der Waals surface area contributed by atoms with Crippen LogP contribution in [0.1, 0.15) is 30.8 Å². The second-order valence-corrected chi connectivity index (χ2v) is 7.45. The van der Waals surface area contributed by atoms with Gasteiger partial charge in [0.1, 0.15) is 18.7 Å². The van der Waals surface area contributed by atoms with Crippen LogP contribution in [0.25, 0.3) is 11.3 Å². The Balaban J connectivity index is 1.61. The molecule has 4 rings (SSSR count). The zero-order chi connectivity index (χ0) is 21.3. The molecule has 1 aliphatic rings. The summed E-state index contributed by atoms with van der Waals surface area (Å²) in [7, 11) is 0. The number of fused-ring (bicyclic) bond motifs is 1. The van der Waals surface area contributed by atoms with Crippen molar-refractivity contribution >= 4 is 35.6 Å². The van der Waals surface area contributed by atoms with Crippen molar-refractivity contribution in [3.63, 3.8) is 0 Å². The van der Waals surface area contributed by atoms with Crippen LogP contribution in [0.3, 0.4) is 0 Å². The van der Waals surface area contributed by atoms with Crippen LogP contribution in [-0.2, 0) is 4.79 Å². The average molecular weight is 423 g/mol. The minimum Gasteiger partial charge on any atom is -0.393 e. The van der Waals surface area contributed by atoms with E-state index in [9.17, 15) is 9.90 Å². The topological polar surface area (TPSA) is 107 Å². The van der Waals surface area contributed by atoms with Crippen molar-refractivity contribution in [1.82, 2.24) is 14.6 Å². The van der Waals surface area contributed by atoms with Crippen LogP contribution in [0.2, 0.25) is 5.02 Å². The molecular formula is C21H19ClN6O2. The number of aldehydes is 1. The lowest BCUT2D eigenvalue weighted by Crippen LogP contribution is -2.33. The molecule has 2 unspecified atom stereocenters. The van der Waals surface area contributed by atoms with Crippen molar-refractivity contribution in [2.75, 3.05) is 4.90 Å². The first-order chi connectivity index (χ1) is 14.5. The first kappa shape index (κ1) is 19.9. The average Bonchev–Trinajstić information content (AvgIpc) is 3.17. The largest absolute Gasteiger partial charge is 0.393 e. The Labute approximate surface area is 178 Å². The van der Waals surface area contributed by atoms with E-state index in [-0.39, 0.29) is 12.1 Å². The third-order valence-corrected chi connectivity index (χ3v) is 4.96. The highest BCUT2D eigenvalue weighted by Crippen LogP contribution is 2.31. The number of hydrogen-bond donors (Lipinski definition) is 2. The standard InChI is InChI=1S/C21H19ClN6O2/c1-13(30)6-17(23)19-5-3-16(9-25-19)27-12-26-28-10-14(7-20(28)21(27)11-29)18-4-2-15(22)8-24-18/h2-5,7-13,21,23,30H,6H2,1H3. The molecule has 4 heterocycles. The van der Waals surface area contributed by atoms with Crippen LogP contribution in [0.4, 0.5) is 5.69 Å². The van der Waals surface area contributed by atoms with Gasteiger partial charge in [0.25, 0.3) is 0 Å². The van der Waals surface area contributed by atoms with Gasteiger partial charge in [-0.3, -0.25) is 9.97 Å². The van der Waals surface area contributed by atoms with Gasteiger partial charge in [0, 0.05) is 24.4 Å². The van der Waals surface area contributed by atoms with Crippen molar-refractivity contribution in [3.8, 4) is 11.3 Å². The Bertz CT molecular complexity index is 1110. The molecule has 0 aliphatic carbocycles. The fraction of sp³-hybridized carbons (Fsp3) is 0.190. The molecule has 0 fully saturated rings. The maximum Gasteiger partial charge on any atom is 0.148 e. The number of aromatic nitrogens is 3. The van der Waals surface area contributed by atoms with E-state index in [1.807, 2.05) is 18.3 Å². The van der Waals surface area contributed by atoms with Gasteiger partial charge < -0.3 is 20.2 Å². The number of anilines is 1. The van der Waals surface area contributed by atoms with Gasteiger partial charge in [-0.25, -0.2) is 4.68 Å². The fourth-order valence-electron chi connectivity index (χ4n) is 3.28. The SMILES string of the molecule is CC(O)CC(=N)c1ccc(N2C=Nn3cc(-c4ccc(Cl)cn4)cc3C2C=O)cn1. The minimum absolute atomic E-state index is 0.226. The van der Waals surface area contributed by atoms with E-state index >= 15 is 0 Å². The van der Waals surface area contributed by atoms with Crippen molar-refractivity contribution < 1.29 is 9.90 Å². The number of nitrogens with one attached hydrogen (secondary N) is 1. The Morgan fingerprint density at radius 1 is 1.30 bits per heavy atom. The van der Waals surface area contributed by atoms with Crippen molar-refractivity contribution in [3.05, 3.63) is 65.3 Å². The zero-order valence-corrected chi connectivity index (χ0v) is 16.9. The van der Waals surface area contributed by atoms with Gasteiger partial charge in [-0.15, -0.1) is 0 Å². The summed E-state index contributed by atoms with van der Waals surface area (Å²) in [5.74, 6) is 0. The number of halogens is 1. The van der Waals surface area contributed by atoms with Crippen LogP contribution in [0.15, 0.2) is 54.0 Å². The molecule has 2 N–H and O–H groups in total. The van der Waals surface area contributed by atoms with Gasteiger partial charge >= 0.3 is 0 Å². The first-order valence-electron chi connectivity index (χ1n) is 9.30. The van der Waals surface area contributed by atoms with Gasteiger partial charge in [0.2, 0.25) is 0 Å². The van der Waals surface area contributed by atoms with Crippen molar-refractivity contribution in [2.24, 2.45) is 5.10 Å². The van der Waals surface area contributed by atoms with Crippen LogP contribution >= 0.6 is 11.6 Å². The summed E-state index contributed by atoms with van der Waals surface area (Å²) in [6, 6.07) is 8.34. The van der Waals surface area contributed by atoms with Crippen LogP contribution in [0, 0.1) is 5.41 Å². The second kappa shape index (κ2) is 8.17. The van der Waals surface area contributed by atoms with Crippen molar-refractivity contribution in [1.29, 1.82) is 5.41 Å². The summed E-state index contributed by atoms with van der Waals surface area (Å²) in [5.41, 5.74) is 3.66. The van der Waals surface area contributed by atoms with Crippen LogP contribution < -0.4 is 4.90 Å². The summed E-state index contributed by atoms with van der Waals surface area (Å²) < 4.78 is 1.65. The van der Waals surface area contributed by atoms with Gasteiger partial charge in [0.05, 0.1) is 45.8 Å². The molecule has 0 amide bonds. The lowest BCUT2D eigenvalue weighted by Gasteiger charge is -2.29. The Kier molecular flexibility index (Phi) is 5.43. The highest BCUT2D eigenvalue weighted by atomic mass is 35.5. The second-order valence-electron chi connectivity index (χ2n) is 7.01. The van der Waals surface area contributed by atoms with E-state index in [1.165, 1.54) is 0 Å². The molecule has 30 heavy (non-hydrogen) atoms. The van der Waals surface area contributed by atoms with Crippen LogP contribution in [0.5, 0.6) is 0 Å². The van der Waals surface area contributed by atoms with Crippen molar-refractivity contribution in [2.45, 2.75) is 25.5 Å². The number of rotatable bonds is 6. The molecule has 0 spiro atoms. The lowest BCUT2D eigenvalue weighted by molar-refractivity contribution is -0.109. The molecule has 152 valence electrons. The molecule has 0 saturated carbocycles. The molecule has 2 atom stereocenters. The third kappa shape index (κ3) is 3.87. The predicted octanol–water partition coefficient (Wildman–Crippen LogP) is 3.29. The van der Waals surface area contributed by atoms with E-state index in [0.717, 1.165) is 17.5 Å². The Morgan fingerprint density at radius 2 is 2.13 bits per heavy atom. The van der Waals surface area contributed by atoms with E-state index in [4.69, 9.17) is 17.0 Å². The summed E-state index contributed by atoms with van der Waals surface area (Å²) in [6.45, 7) is 1.63. The molecule has 0 aromatic carbocycles. The number of aliphatic hydroxyl groups is 1. The van der Waals surface area contributed by atoms with E-state index in [1.54, 1.807) is 53.4 Å². The molecule has 3 aromatic heterocycles.